The van der Waals surface area contributed by atoms with Crippen LogP contribution >= 0.6 is 0 Å². The zero-order chi connectivity index (χ0) is 6.69. The molecular weight excluding hydrogens is 112 g/mol. The number of rotatable bonds is 4. The zero-order valence-corrected chi connectivity index (χ0v) is 5.77. The fourth-order valence-corrected chi connectivity index (χ4v) is 1.07. The molecule has 9 heavy (non-hydrogen) atoms. The fraction of sp³-hybridized carbons (Fsp3) is 0.750. The lowest BCUT2D eigenvalue weighted by Gasteiger charge is -1.92. The second kappa shape index (κ2) is 3.02. The Bertz CT molecular complexity index is 107. The quantitative estimate of drug-likeness (QED) is 0.449. The van der Waals surface area contributed by atoms with Crippen LogP contribution in [0.1, 0.15) is 25.7 Å². The van der Waals surface area contributed by atoms with Crippen molar-refractivity contribution in [2.45, 2.75) is 25.7 Å². The van der Waals surface area contributed by atoms with E-state index in [0.717, 1.165) is 12.3 Å². The maximum atomic E-state index is 8.44. The van der Waals surface area contributed by atoms with Crippen LogP contribution in [-0.4, -0.2) is 11.7 Å². The highest BCUT2D eigenvalue weighted by Gasteiger charge is 2.25. The van der Waals surface area contributed by atoms with Gasteiger partial charge in [0.05, 0.1) is 0 Å². The van der Waals surface area contributed by atoms with Gasteiger partial charge in [0.25, 0.3) is 0 Å². The molecule has 1 heteroatoms. The van der Waals surface area contributed by atoms with Gasteiger partial charge in [-0.25, -0.2) is 0 Å². The summed E-state index contributed by atoms with van der Waals surface area (Å²) in [6.07, 6.45) is 4.62. The molecule has 1 fully saturated rings. The van der Waals surface area contributed by atoms with Gasteiger partial charge in [0.2, 0.25) is 0 Å². The van der Waals surface area contributed by atoms with Crippen molar-refractivity contribution in [1.82, 2.24) is 0 Å². The van der Waals surface area contributed by atoms with Gasteiger partial charge in [-0.15, -0.1) is 0 Å². The lowest BCUT2D eigenvalue weighted by Crippen LogP contribution is -1.83. The van der Waals surface area contributed by atoms with Crippen molar-refractivity contribution in [3.63, 3.8) is 0 Å². The van der Waals surface area contributed by atoms with Crippen LogP contribution in [0.5, 0.6) is 0 Å². The van der Waals surface area contributed by atoms with E-state index >= 15 is 0 Å². The molecule has 1 rings (SSSR count). The van der Waals surface area contributed by atoms with Gasteiger partial charge >= 0.3 is 0 Å². The second-order valence-electron chi connectivity index (χ2n) is 2.78. The molecule has 0 amide bonds. The molecule has 1 nitrogen and oxygen atoms in total. The Morgan fingerprint density at radius 3 is 2.67 bits per heavy atom. The monoisotopic (exact) mass is 126 g/mol. The first kappa shape index (κ1) is 6.81. The molecule has 1 saturated carbocycles. The highest BCUT2D eigenvalue weighted by atomic mass is 16.2. The molecule has 1 aliphatic carbocycles. The summed E-state index contributed by atoms with van der Waals surface area (Å²) < 4.78 is 0. The van der Waals surface area contributed by atoms with Crippen LogP contribution in [0.2, 0.25) is 0 Å². The minimum atomic E-state index is 0.346. The normalized spacial score (nSPS) is 24.6. The van der Waals surface area contributed by atoms with Gasteiger partial charge in [0.15, 0.2) is 0 Å². The van der Waals surface area contributed by atoms with Gasteiger partial charge in [-0.1, -0.05) is 18.6 Å². The second-order valence-corrected chi connectivity index (χ2v) is 2.78. The molecule has 0 heterocycles. The zero-order valence-electron chi connectivity index (χ0n) is 5.77. The Morgan fingerprint density at radius 2 is 2.22 bits per heavy atom. The van der Waals surface area contributed by atoms with E-state index in [0.29, 0.717) is 6.61 Å². The molecule has 0 aromatic carbocycles. The van der Waals surface area contributed by atoms with E-state index in [1.165, 1.54) is 24.8 Å². The van der Waals surface area contributed by atoms with Crippen LogP contribution in [0, 0.1) is 5.92 Å². The van der Waals surface area contributed by atoms with Crippen molar-refractivity contribution in [3.8, 4) is 0 Å². The fourth-order valence-electron chi connectivity index (χ4n) is 1.07. The van der Waals surface area contributed by atoms with Gasteiger partial charge in [-0.3, -0.25) is 0 Å². The van der Waals surface area contributed by atoms with Gasteiger partial charge in [0, 0.05) is 6.61 Å². The summed E-state index contributed by atoms with van der Waals surface area (Å²) in [6, 6.07) is 0. The highest BCUT2D eigenvalue weighted by molar-refractivity contribution is 5.18. The molecule has 1 unspecified atom stereocenters. The van der Waals surface area contributed by atoms with Crippen molar-refractivity contribution in [2.24, 2.45) is 5.92 Å². The molecule has 0 spiro atoms. The Balaban J connectivity index is 1.88. The Morgan fingerprint density at radius 1 is 1.56 bits per heavy atom. The summed E-state index contributed by atoms with van der Waals surface area (Å²) in [4.78, 5) is 0. The molecule has 1 aliphatic rings. The Hall–Kier alpha value is -0.300. The molecule has 0 aromatic heterocycles. The number of hydrogen-bond acceptors (Lipinski definition) is 1. The van der Waals surface area contributed by atoms with Crippen molar-refractivity contribution in [1.29, 1.82) is 0 Å². The third kappa shape index (κ3) is 2.19. The van der Waals surface area contributed by atoms with E-state index < -0.39 is 0 Å². The number of hydrogen-bond donors (Lipinski definition) is 1. The van der Waals surface area contributed by atoms with Crippen molar-refractivity contribution in [3.05, 3.63) is 12.2 Å². The highest BCUT2D eigenvalue weighted by Crippen LogP contribution is 2.39. The maximum Gasteiger partial charge on any atom is 0.0431 e. The average molecular weight is 126 g/mol. The van der Waals surface area contributed by atoms with E-state index in [-0.39, 0.29) is 0 Å². The lowest BCUT2D eigenvalue weighted by molar-refractivity contribution is 0.282. The molecule has 0 saturated heterocycles. The summed E-state index contributed by atoms with van der Waals surface area (Å²) in [5.41, 5.74) is 1.41. The van der Waals surface area contributed by atoms with Crippen LogP contribution in [0.4, 0.5) is 0 Å². The summed E-state index contributed by atoms with van der Waals surface area (Å²) in [5.74, 6) is 0.816. The topological polar surface area (TPSA) is 20.2 Å². The minimum absolute atomic E-state index is 0.346. The number of unbranched alkanes of at least 4 members (excludes halogenated alkanes) is 1. The van der Waals surface area contributed by atoms with Crippen LogP contribution in [-0.2, 0) is 0 Å². The van der Waals surface area contributed by atoms with E-state index in [1.807, 2.05) is 0 Å². The standard InChI is InChI=1S/C8H14O/c1-7-6-8(7)4-2-3-5-9/h8-9H,1-6H2. The van der Waals surface area contributed by atoms with Crippen molar-refractivity contribution < 1.29 is 5.11 Å². The third-order valence-electron chi connectivity index (χ3n) is 1.89. The first-order valence-corrected chi connectivity index (χ1v) is 3.63. The first-order chi connectivity index (χ1) is 4.34. The molecule has 1 N–H and O–H groups in total. The lowest BCUT2D eigenvalue weighted by atomic mass is 10.2. The average Bonchev–Trinajstić information content (AvgIpc) is 2.48. The maximum absolute atomic E-state index is 8.44. The predicted molar refractivity (Wildman–Crippen MR) is 38.2 cm³/mol. The van der Waals surface area contributed by atoms with Gasteiger partial charge < -0.3 is 5.11 Å². The van der Waals surface area contributed by atoms with Gasteiger partial charge in [-0.05, 0) is 25.2 Å². The van der Waals surface area contributed by atoms with E-state index in [2.05, 4.69) is 6.58 Å². The third-order valence-corrected chi connectivity index (χ3v) is 1.89. The first-order valence-electron chi connectivity index (χ1n) is 3.63. The molecule has 0 aliphatic heterocycles. The van der Waals surface area contributed by atoms with Crippen molar-refractivity contribution >= 4 is 0 Å². The van der Waals surface area contributed by atoms with Gasteiger partial charge in [-0.2, -0.15) is 0 Å². The van der Waals surface area contributed by atoms with Crippen LogP contribution in [0.3, 0.4) is 0 Å². The van der Waals surface area contributed by atoms with E-state index in [1.54, 1.807) is 0 Å². The summed E-state index contributed by atoms with van der Waals surface area (Å²) in [7, 11) is 0. The molecule has 0 bridgehead atoms. The SMILES string of the molecule is C=C1CC1CCCCO. The molecule has 1 atom stereocenters. The van der Waals surface area contributed by atoms with Gasteiger partial charge in [0.1, 0.15) is 0 Å². The summed E-state index contributed by atoms with van der Waals surface area (Å²) >= 11 is 0. The largest absolute Gasteiger partial charge is 0.396 e. The molecule has 0 radical (unpaired) electrons. The number of aliphatic hydroxyl groups excluding tert-OH is 1. The van der Waals surface area contributed by atoms with Crippen LogP contribution in [0.25, 0.3) is 0 Å². The number of aliphatic hydroxyl groups is 1. The summed E-state index contributed by atoms with van der Waals surface area (Å²) in [6.45, 7) is 4.21. The van der Waals surface area contributed by atoms with Crippen LogP contribution < -0.4 is 0 Å². The Labute approximate surface area is 56.4 Å². The molecular formula is C8H14O. The smallest absolute Gasteiger partial charge is 0.0431 e. The predicted octanol–water partition coefficient (Wildman–Crippen LogP) is 1.73. The van der Waals surface area contributed by atoms with Crippen LogP contribution in [0.15, 0.2) is 12.2 Å². The van der Waals surface area contributed by atoms with E-state index in [4.69, 9.17) is 5.11 Å². The van der Waals surface area contributed by atoms with E-state index in [9.17, 15) is 0 Å². The molecule has 0 aromatic rings. The number of allylic oxidation sites excluding steroid dienone is 1. The van der Waals surface area contributed by atoms with Crippen molar-refractivity contribution in [2.75, 3.05) is 6.61 Å². The molecule has 52 valence electrons. The minimum Gasteiger partial charge on any atom is -0.396 e. The summed E-state index contributed by atoms with van der Waals surface area (Å²) in [5, 5.41) is 8.44. The Kier molecular flexibility index (Phi) is 2.29.